The highest BCUT2D eigenvalue weighted by molar-refractivity contribution is 5.43. The normalized spacial score (nSPS) is 20.0. The molecule has 0 aromatic carbocycles. The zero-order chi connectivity index (χ0) is 14.2. The van der Waals surface area contributed by atoms with Crippen molar-refractivity contribution in [1.29, 1.82) is 0 Å². The smallest absolute Gasteiger partial charge is 0.0564 e. The van der Waals surface area contributed by atoms with Crippen LogP contribution in [0, 0.1) is 5.92 Å². The minimum atomic E-state index is 0.313. The summed E-state index contributed by atoms with van der Waals surface area (Å²) in [6, 6.07) is 4.19. The van der Waals surface area contributed by atoms with Crippen molar-refractivity contribution in [1.82, 2.24) is 9.88 Å². The van der Waals surface area contributed by atoms with E-state index in [1.165, 1.54) is 18.5 Å². The van der Waals surface area contributed by atoms with Gasteiger partial charge in [-0.05, 0) is 50.3 Å². The van der Waals surface area contributed by atoms with E-state index in [-0.39, 0.29) is 0 Å². The summed E-state index contributed by atoms with van der Waals surface area (Å²) in [5.74, 6) is 0.648. The molecule has 1 saturated heterocycles. The second kappa shape index (κ2) is 8.22. The number of nitrogens with one attached hydrogen (secondary N) is 1. The summed E-state index contributed by atoms with van der Waals surface area (Å²) in [5, 5.41) is 12.5. The predicted octanol–water partition coefficient (Wildman–Crippen LogP) is 2.50. The van der Waals surface area contributed by atoms with Crippen molar-refractivity contribution in [2.45, 2.75) is 39.2 Å². The zero-order valence-electron chi connectivity index (χ0n) is 12.5. The second-order valence-electron chi connectivity index (χ2n) is 5.72. The van der Waals surface area contributed by atoms with E-state index in [4.69, 9.17) is 5.11 Å². The van der Waals surface area contributed by atoms with Gasteiger partial charge in [0.05, 0.1) is 5.69 Å². The number of aliphatic hydroxyl groups is 1. The summed E-state index contributed by atoms with van der Waals surface area (Å²) in [6.07, 6.45) is 6.44. The first kappa shape index (κ1) is 15.3. The molecule has 2 rings (SSSR count). The molecule has 4 nitrogen and oxygen atoms in total. The van der Waals surface area contributed by atoms with Gasteiger partial charge in [0.2, 0.25) is 0 Å². The van der Waals surface area contributed by atoms with Crippen molar-refractivity contribution in [3.05, 3.63) is 24.0 Å². The number of hydrogen-bond donors (Lipinski definition) is 2. The largest absolute Gasteiger partial charge is 0.396 e. The molecule has 0 radical (unpaired) electrons. The summed E-state index contributed by atoms with van der Waals surface area (Å²) >= 11 is 0. The van der Waals surface area contributed by atoms with E-state index in [1.807, 2.05) is 12.3 Å². The average Bonchev–Trinajstić information content (AvgIpc) is 2.46. The molecule has 1 atom stereocenters. The Morgan fingerprint density at radius 3 is 3.20 bits per heavy atom. The number of nitrogens with zero attached hydrogens (tertiary/aromatic N) is 2. The maximum Gasteiger partial charge on any atom is 0.0564 e. The van der Waals surface area contributed by atoms with Crippen LogP contribution in [0.15, 0.2) is 18.3 Å². The molecule has 1 unspecified atom stereocenters. The first-order valence-electron chi connectivity index (χ1n) is 7.84. The fourth-order valence-corrected chi connectivity index (χ4v) is 2.89. The Balaban J connectivity index is 1.88. The molecular formula is C16H27N3O. The van der Waals surface area contributed by atoms with Crippen molar-refractivity contribution in [3.8, 4) is 0 Å². The molecule has 1 aliphatic heterocycles. The molecule has 112 valence electrons. The van der Waals surface area contributed by atoms with Gasteiger partial charge < -0.3 is 10.4 Å². The Labute approximate surface area is 122 Å². The number of piperidine rings is 1. The Hall–Kier alpha value is -1.13. The first-order chi connectivity index (χ1) is 9.81. The topological polar surface area (TPSA) is 48.4 Å². The molecular weight excluding hydrogens is 250 g/mol. The van der Waals surface area contributed by atoms with Crippen LogP contribution in [0.3, 0.4) is 0 Å². The monoisotopic (exact) mass is 277 g/mol. The van der Waals surface area contributed by atoms with Crippen molar-refractivity contribution in [2.75, 3.05) is 31.6 Å². The molecule has 1 aromatic rings. The SMILES string of the molecule is CCCNc1ccnc(CN2CCCC(CCO)C2)c1. The van der Waals surface area contributed by atoms with Crippen LogP contribution < -0.4 is 5.32 Å². The number of rotatable bonds is 7. The Morgan fingerprint density at radius 1 is 1.50 bits per heavy atom. The molecule has 1 aliphatic rings. The van der Waals surface area contributed by atoms with E-state index in [0.29, 0.717) is 12.5 Å². The fourth-order valence-electron chi connectivity index (χ4n) is 2.89. The highest BCUT2D eigenvalue weighted by Crippen LogP contribution is 2.21. The molecule has 1 fully saturated rings. The van der Waals surface area contributed by atoms with Crippen molar-refractivity contribution in [2.24, 2.45) is 5.92 Å². The van der Waals surface area contributed by atoms with Gasteiger partial charge in [-0.25, -0.2) is 0 Å². The maximum absolute atomic E-state index is 9.07. The number of aromatic nitrogens is 1. The van der Waals surface area contributed by atoms with Gasteiger partial charge in [0.1, 0.15) is 0 Å². The summed E-state index contributed by atoms with van der Waals surface area (Å²) in [4.78, 5) is 6.95. The van der Waals surface area contributed by atoms with Crippen LogP contribution in [0.25, 0.3) is 0 Å². The van der Waals surface area contributed by atoms with E-state index in [9.17, 15) is 0 Å². The van der Waals surface area contributed by atoms with Gasteiger partial charge in [-0.1, -0.05) is 6.92 Å². The lowest BCUT2D eigenvalue weighted by Gasteiger charge is -2.32. The van der Waals surface area contributed by atoms with Crippen molar-refractivity contribution >= 4 is 5.69 Å². The van der Waals surface area contributed by atoms with Gasteiger partial charge in [-0.15, -0.1) is 0 Å². The zero-order valence-corrected chi connectivity index (χ0v) is 12.5. The van der Waals surface area contributed by atoms with Crippen LogP contribution in [0.4, 0.5) is 5.69 Å². The summed E-state index contributed by atoms with van der Waals surface area (Å²) in [7, 11) is 0. The van der Waals surface area contributed by atoms with Gasteiger partial charge in [0.25, 0.3) is 0 Å². The predicted molar refractivity (Wildman–Crippen MR) is 82.7 cm³/mol. The van der Waals surface area contributed by atoms with Crippen LogP contribution in [-0.4, -0.2) is 41.2 Å². The highest BCUT2D eigenvalue weighted by atomic mass is 16.3. The van der Waals surface area contributed by atoms with E-state index >= 15 is 0 Å². The number of aliphatic hydroxyl groups excluding tert-OH is 1. The molecule has 2 heterocycles. The minimum absolute atomic E-state index is 0.313. The lowest BCUT2D eigenvalue weighted by atomic mass is 9.95. The van der Waals surface area contributed by atoms with Gasteiger partial charge in [0.15, 0.2) is 0 Å². The quantitative estimate of drug-likeness (QED) is 0.804. The van der Waals surface area contributed by atoms with E-state index in [0.717, 1.165) is 44.7 Å². The third-order valence-electron chi connectivity index (χ3n) is 3.92. The average molecular weight is 277 g/mol. The van der Waals surface area contributed by atoms with Gasteiger partial charge in [-0.2, -0.15) is 0 Å². The number of anilines is 1. The van der Waals surface area contributed by atoms with E-state index < -0.39 is 0 Å². The second-order valence-corrected chi connectivity index (χ2v) is 5.72. The number of likely N-dealkylation sites (tertiary alicyclic amines) is 1. The third kappa shape index (κ3) is 4.76. The Bertz CT molecular complexity index is 395. The minimum Gasteiger partial charge on any atom is -0.396 e. The standard InChI is InChI=1S/C16H27N3O/c1-2-7-17-15-5-8-18-16(11-15)13-19-9-3-4-14(12-19)6-10-20/h5,8,11,14,20H,2-4,6-7,9-10,12-13H2,1H3,(H,17,18). The molecule has 0 bridgehead atoms. The fraction of sp³-hybridized carbons (Fsp3) is 0.688. The van der Waals surface area contributed by atoms with E-state index in [2.05, 4.69) is 28.2 Å². The molecule has 1 aromatic heterocycles. The van der Waals surface area contributed by atoms with Crippen LogP contribution in [0.5, 0.6) is 0 Å². The van der Waals surface area contributed by atoms with Gasteiger partial charge in [-0.3, -0.25) is 9.88 Å². The maximum atomic E-state index is 9.07. The van der Waals surface area contributed by atoms with Crippen molar-refractivity contribution in [3.63, 3.8) is 0 Å². The number of pyridine rings is 1. The lowest BCUT2D eigenvalue weighted by Crippen LogP contribution is -2.35. The first-order valence-corrected chi connectivity index (χ1v) is 7.84. The summed E-state index contributed by atoms with van der Waals surface area (Å²) in [5.41, 5.74) is 2.30. The highest BCUT2D eigenvalue weighted by Gasteiger charge is 2.19. The van der Waals surface area contributed by atoms with Crippen LogP contribution in [0.1, 0.15) is 38.3 Å². The lowest BCUT2D eigenvalue weighted by molar-refractivity contribution is 0.141. The summed E-state index contributed by atoms with van der Waals surface area (Å²) < 4.78 is 0. The Morgan fingerprint density at radius 2 is 2.40 bits per heavy atom. The molecule has 20 heavy (non-hydrogen) atoms. The molecule has 0 aliphatic carbocycles. The van der Waals surface area contributed by atoms with E-state index in [1.54, 1.807) is 0 Å². The van der Waals surface area contributed by atoms with Crippen LogP contribution in [0.2, 0.25) is 0 Å². The van der Waals surface area contributed by atoms with Crippen LogP contribution in [-0.2, 0) is 6.54 Å². The molecule has 0 amide bonds. The van der Waals surface area contributed by atoms with Crippen molar-refractivity contribution < 1.29 is 5.11 Å². The molecule has 0 saturated carbocycles. The molecule has 4 heteroatoms. The van der Waals surface area contributed by atoms with Gasteiger partial charge >= 0.3 is 0 Å². The van der Waals surface area contributed by atoms with Gasteiger partial charge in [0, 0.05) is 38.1 Å². The molecule has 2 N–H and O–H groups in total. The number of hydrogen-bond acceptors (Lipinski definition) is 4. The summed E-state index contributed by atoms with van der Waals surface area (Å²) in [6.45, 7) is 6.65. The third-order valence-corrected chi connectivity index (χ3v) is 3.92. The van der Waals surface area contributed by atoms with Crippen LogP contribution >= 0.6 is 0 Å². The Kier molecular flexibility index (Phi) is 6.27. The molecule has 0 spiro atoms.